The monoisotopic (exact) mass is 295 g/mol. The summed E-state index contributed by atoms with van der Waals surface area (Å²) in [6.07, 6.45) is 7.16. The maximum Gasteiger partial charge on any atom is 0.352 e. The van der Waals surface area contributed by atoms with Crippen LogP contribution in [0, 0.1) is 23.7 Å². The van der Waals surface area contributed by atoms with Gasteiger partial charge in [-0.15, -0.1) is 0 Å². The molecule has 0 amide bonds. The van der Waals surface area contributed by atoms with Crippen LogP contribution in [-0.2, 0) is 0 Å². The molecule has 4 saturated carbocycles. The predicted octanol–water partition coefficient (Wildman–Crippen LogP) is 4.41. The summed E-state index contributed by atoms with van der Waals surface area (Å²) in [4.78, 5) is 14.1. The lowest BCUT2D eigenvalue weighted by molar-refractivity contribution is -0.00273. The molecule has 2 aromatic rings. The van der Waals surface area contributed by atoms with E-state index in [2.05, 4.69) is 23.2 Å². The van der Waals surface area contributed by atoms with Gasteiger partial charge in [-0.05, 0) is 85.5 Å². The molecule has 4 aliphatic rings. The second kappa shape index (κ2) is 4.37. The summed E-state index contributed by atoms with van der Waals surface area (Å²) in [6.45, 7) is 0. The number of H-pyrrole nitrogens is 1. The molecule has 1 aromatic carbocycles. The second-order valence-electron chi connectivity index (χ2n) is 7.79. The molecule has 2 N–H and O–H groups in total. The fourth-order valence-electron chi connectivity index (χ4n) is 5.94. The number of aromatic carboxylic acids is 1. The van der Waals surface area contributed by atoms with E-state index in [0.29, 0.717) is 5.92 Å². The van der Waals surface area contributed by atoms with E-state index in [1.54, 1.807) is 6.07 Å². The second-order valence-corrected chi connectivity index (χ2v) is 7.79. The first-order valence-electron chi connectivity index (χ1n) is 8.53. The minimum atomic E-state index is -0.882. The van der Waals surface area contributed by atoms with Gasteiger partial charge in [0.2, 0.25) is 0 Å². The molecular weight excluding hydrogens is 274 g/mol. The van der Waals surface area contributed by atoms with Gasteiger partial charge in [-0.2, -0.15) is 0 Å². The Labute approximate surface area is 129 Å². The third-order valence-corrected chi connectivity index (χ3v) is 6.49. The minimum absolute atomic E-state index is 0.289. The molecule has 4 bridgehead atoms. The number of hydrogen-bond acceptors (Lipinski definition) is 1. The molecule has 3 nitrogen and oxygen atoms in total. The molecule has 22 heavy (non-hydrogen) atoms. The Morgan fingerprint density at radius 3 is 2.32 bits per heavy atom. The fraction of sp³-hybridized carbons (Fsp3) is 0.526. The average Bonchev–Trinajstić information content (AvgIpc) is 2.89. The van der Waals surface area contributed by atoms with Crippen molar-refractivity contribution in [3.8, 4) is 0 Å². The number of rotatable bonds is 2. The highest BCUT2D eigenvalue weighted by atomic mass is 16.4. The topological polar surface area (TPSA) is 53.1 Å². The van der Waals surface area contributed by atoms with Crippen molar-refractivity contribution in [1.29, 1.82) is 0 Å². The Morgan fingerprint density at radius 2 is 1.68 bits per heavy atom. The maximum absolute atomic E-state index is 11.1. The summed E-state index contributed by atoms with van der Waals surface area (Å²) in [7, 11) is 0. The lowest BCUT2D eigenvalue weighted by Crippen LogP contribution is -2.43. The van der Waals surface area contributed by atoms with Crippen molar-refractivity contribution in [3.63, 3.8) is 0 Å². The molecule has 114 valence electrons. The highest BCUT2D eigenvalue weighted by Gasteiger charge is 2.48. The maximum atomic E-state index is 11.1. The van der Waals surface area contributed by atoms with Crippen LogP contribution in [0.15, 0.2) is 24.3 Å². The average molecular weight is 295 g/mol. The molecule has 6 rings (SSSR count). The number of aromatic nitrogens is 1. The standard InChI is InChI=1S/C19H21NO2/c21-19(22)17-9-13-8-12(1-2-16(13)20-17)18-14-4-10-3-11(6-14)7-15(18)5-10/h1-2,8-11,14-15,18,20H,3-7H2,(H,21,22). The largest absolute Gasteiger partial charge is 0.477 e. The van der Waals surface area contributed by atoms with Gasteiger partial charge in [-0.1, -0.05) is 6.07 Å². The first kappa shape index (κ1) is 12.7. The van der Waals surface area contributed by atoms with Crippen molar-refractivity contribution < 1.29 is 9.90 Å². The van der Waals surface area contributed by atoms with Gasteiger partial charge in [0.1, 0.15) is 5.69 Å². The molecular formula is C19H21NO2. The summed E-state index contributed by atoms with van der Waals surface area (Å²) in [5.74, 6) is 3.55. The molecule has 3 heteroatoms. The van der Waals surface area contributed by atoms with Gasteiger partial charge in [0, 0.05) is 10.9 Å². The van der Waals surface area contributed by atoms with E-state index < -0.39 is 5.97 Å². The fourth-order valence-corrected chi connectivity index (χ4v) is 5.94. The van der Waals surface area contributed by atoms with Crippen molar-refractivity contribution >= 4 is 16.9 Å². The number of aromatic amines is 1. The Bertz CT molecular complexity index is 732. The number of benzene rings is 1. The van der Waals surface area contributed by atoms with Crippen LogP contribution in [0.4, 0.5) is 0 Å². The first-order chi connectivity index (χ1) is 10.7. The van der Waals surface area contributed by atoms with Crippen LogP contribution < -0.4 is 0 Å². The molecule has 0 saturated heterocycles. The molecule has 0 spiro atoms. The SMILES string of the molecule is O=C(O)c1cc2cc(C3C4CC5CC(C4)CC3C5)ccc2[nH]1. The van der Waals surface area contributed by atoms with Crippen LogP contribution >= 0.6 is 0 Å². The van der Waals surface area contributed by atoms with Crippen molar-refractivity contribution in [2.75, 3.05) is 0 Å². The van der Waals surface area contributed by atoms with Crippen molar-refractivity contribution in [2.24, 2.45) is 23.7 Å². The number of carbonyl (C=O) groups is 1. The van der Waals surface area contributed by atoms with Gasteiger partial charge in [-0.3, -0.25) is 0 Å². The van der Waals surface area contributed by atoms with Gasteiger partial charge in [0.05, 0.1) is 0 Å². The normalized spacial score (nSPS) is 36.1. The molecule has 1 heterocycles. The molecule has 0 radical (unpaired) electrons. The zero-order valence-electron chi connectivity index (χ0n) is 12.6. The molecule has 4 aliphatic carbocycles. The van der Waals surface area contributed by atoms with Gasteiger partial charge in [-0.25, -0.2) is 4.79 Å². The Morgan fingerprint density at radius 1 is 1.00 bits per heavy atom. The van der Waals surface area contributed by atoms with Crippen LogP contribution in [0.25, 0.3) is 10.9 Å². The quantitative estimate of drug-likeness (QED) is 0.862. The summed E-state index contributed by atoms with van der Waals surface area (Å²) in [5.41, 5.74) is 2.67. The molecule has 0 atom stereocenters. The predicted molar refractivity (Wildman–Crippen MR) is 85.0 cm³/mol. The number of carboxylic acids is 1. The minimum Gasteiger partial charge on any atom is -0.477 e. The van der Waals surface area contributed by atoms with Gasteiger partial charge >= 0.3 is 5.97 Å². The van der Waals surface area contributed by atoms with E-state index in [-0.39, 0.29) is 5.69 Å². The third kappa shape index (κ3) is 1.77. The highest BCUT2D eigenvalue weighted by molar-refractivity contribution is 5.93. The van der Waals surface area contributed by atoms with Crippen LogP contribution in [0.3, 0.4) is 0 Å². The van der Waals surface area contributed by atoms with Gasteiger partial charge < -0.3 is 10.1 Å². The Kier molecular flexibility index (Phi) is 2.53. The number of hydrogen-bond donors (Lipinski definition) is 2. The smallest absolute Gasteiger partial charge is 0.352 e. The van der Waals surface area contributed by atoms with E-state index in [0.717, 1.165) is 34.6 Å². The highest BCUT2D eigenvalue weighted by Crippen LogP contribution is 2.59. The van der Waals surface area contributed by atoms with Crippen LogP contribution in [0.5, 0.6) is 0 Å². The lowest BCUT2D eigenvalue weighted by atomic mass is 9.51. The summed E-state index contributed by atoms with van der Waals surface area (Å²) in [6, 6.07) is 8.32. The zero-order chi connectivity index (χ0) is 14.8. The van der Waals surface area contributed by atoms with Crippen molar-refractivity contribution in [3.05, 3.63) is 35.5 Å². The molecule has 4 fully saturated rings. The number of carboxylic acid groups (broad SMARTS) is 1. The van der Waals surface area contributed by atoms with Gasteiger partial charge in [0.15, 0.2) is 0 Å². The van der Waals surface area contributed by atoms with Crippen molar-refractivity contribution in [2.45, 2.75) is 38.0 Å². The summed E-state index contributed by atoms with van der Waals surface area (Å²) >= 11 is 0. The van der Waals surface area contributed by atoms with Crippen molar-refractivity contribution in [1.82, 2.24) is 4.98 Å². The third-order valence-electron chi connectivity index (χ3n) is 6.49. The summed E-state index contributed by atoms with van der Waals surface area (Å²) < 4.78 is 0. The van der Waals surface area contributed by atoms with Crippen LogP contribution in [0.2, 0.25) is 0 Å². The van der Waals surface area contributed by atoms with E-state index >= 15 is 0 Å². The van der Waals surface area contributed by atoms with E-state index in [4.69, 9.17) is 5.11 Å². The lowest BCUT2D eigenvalue weighted by Gasteiger charge is -2.54. The first-order valence-corrected chi connectivity index (χ1v) is 8.53. The van der Waals surface area contributed by atoms with E-state index in [1.807, 2.05) is 0 Å². The van der Waals surface area contributed by atoms with Crippen LogP contribution in [0.1, 0.15) is 54.1 Å². The van der Waals surface area contributed by atoms with Crippen LogP contribution in [-0.4, -0.2) is 16.1 Å². The van der Waals surface area contributed by atoms with Gasteiger partial charge in [0.25, 0.3) is 0 Å². The number of nitrogens with one attached hydrogen (secondary N) is 1. The summed E-state index contributed by atoms with van der Waals surface area (Å²) in [5, 5.41) is 10.2. The zero-order valence-corrected chi connectivity index (χ0v) is 12.6. The van der Waals surface area contributed by atoms with E-state index in [9.17, 15) is 4.79 Å². The Hall–Kier alpha value is -1.77. The molecule has 1 aromatic heterocycles. The molecule has 0 unspecified atom stereocenters. The van der Waals surface area contributed by atoms with E-state index in [1.165, 1.54) is 37.7 Å². The Balaban J connectivity index is 1.54. The number of fused-ring (bicyclic) bond motifs is 1. The molecule has 0 aliphatic heterocycles.